The topological polar surface area (TPSA) is 51.2 Å². The molecule has 1 heterocycles. The summed E-state index contributed by atoms with van der Waals surface area (Å²) in [5.41, 5.74) is 1.95. The molecule has 2 aromatic carbocycles. The molecular weight excluding hydrogens is 368 g/mol. The van der Waals surface area contributed by atoms with Crippen LogP contribution in [0.1, 0.15) is 17.2 Å². The number of rotatable bonds is 6. The van der Waals surface area contributed by atoms with E-state index in [1.165, 1.54) is 0 Å². The number of ether oxygens (including phenoxy) is 3. The zero-order valence-corrected chi connectivity index (χ0v) is 17.4. The predicted molar refractivity (Wildman–Crippen MR) is 114 cm³/mol. The summed E-state index contributed by atoms with van der Waals surface area (Å²) >= 11 is 0. The fourth-order valence-electron chi connectivity index (χ4n) is 3.60. The number of likely N-dealkylation sites (N-methyl/N-ethyl adjacent to an activating group) is 1. The van der Waals surface area contributed by atoms with Gasteiger partial charge in [0, 0.05) is 25.7 Å². The average molecular weight is 396 g/mol. The van der Waals surface area contributed by atoms with Crippen LogP contribution in [-0.2, 0) is 4.79 Å². The first-order valence-corrected chi connectivity index (χ1v) is 9.59. The summed E-state index contributed by atoms with van der Waals surface area (Å²) in [6.45, 7) is 2.36. The highest BCUT2D eigenvalue weighted by Gasteiger charge is 2.29. The molecule has 0 unspecified atom stereocenters. The molecule has 1 amide bonds. The first-order valence-electron chi connectivity index (χ1n) is 9.59. The van der Waals surface area contributed by atoms with Crippen LogP contribution in [0.15, 0.2) is 48.5 Å². The van der Waals surface area contributed by atoms with E-state index in [0.717, 1.165) is 24.2 Å². The molecule has 3 rings (SSSR count). The van der Waals surface area contributed by atoms with Crippen molar-refractivity contribution < 1.29 is 19.0 Å². The molecule has 0 N–H and O–H groups in total. The van der Waals surface area contributed by atoms with E-state index < -0.39 is 0 Å². The van der Waals surface area contributed by atoms with E-state index in [1.807, 2.05) is 35.2 Å². The Morgan fingerprint density at radius 3 is 2.24 bits per heavy atom. The first-order chi connectivity index (χ1) is 14.1. The SMILES string of the molecule is COc1cc(/C=C\C(=O)N2CCN(C)C[C@H]2c2ccccc2)cc(OC)c1OC. The van der Waals surface area contributed by atoms with Gasteiger partial charge in [-0.1, -0.05) is 30.3 Å². The van der Waals surface area contributed by atoms with Crippen molar-refractivity contribution in [3.05, 3.63) is 59.7 Å². The minimum absolute atomic E-state index is 0.0132. The zero-order chi connectivity index (χ0) is 20.8. The van der Waals surface area contributed by atoms with Crippen molar-refractivity contribution in [2.45, 2.75) is 6.04 Å². The molecule has 29 heavy (non-hydrogen) atoms. The average Bonchev–Trinajstić information content (AvgIpc) is 2.77. The van der Waals surface area contributed by atoms with Gasteiger partial charge in [0.2, 0.25) is 11.7 Å². The van der Waals surface area contributed by atoms with Crippen molar-refractivity contribution in [2.75, 3.05) is 48.0 Å². The van der Waals surface area contributed by atoms with Crippen LogP contribution in [0, 0.1) is 0 Å². The van der Waals surface area contributed by atoms with Gasteiger partial charge in [-0.25, -0.2) is 0 Å². The molecular formula is C23H28N2O4. The summed E-state index contributed by atoms with van der Waals surface area (Å²) in [5, 5.41) is 0. The van der Waals surface area contributed by atoms with E-state index >= 15 is 0 Å². The Morgan fingerprint density at radius 1 is 1.00 bits per heavy atom. The van der Waals surface area contributed by atoms with Gasteiger partial charge in [-0.05, 0) is 36.4 Å². The van der Waals surface area contributed by atoms with Gasteiger partial charge in [0.15, 0.2) is 11.5 Å². The highest BCUT2D eigenvalue weighted by Crippen LogP contribution is 2.38. The van der Waals surface area contributed by atoms with Crippen molar-refractivity contribution in [3.63, 3.8) is 0 Å². The Bertz CT molecular complexity index is 841. The normalized spacial score (nSPS) is 17.4. The third-order valence-electron chi connectivity index (χ3n) is 5.16. The Labute approximate surface area is 172 Å². The molecule has 6 nitrogen and oxygen atoms in total. The third kappa shape index (κ3) is 4.71. The lowest BCUT2D eigenvalue weighted by Crippen LogP contribution is -2.48. The van der Waals surface area contributed by atoms with Crippen LogP contribution in [-0.4, -0.2) is 63.7 Å². The number of carbonyl (C=O) groups excluding carboxylic acids is 1. The lowest BCUT2D eigenvalue weighted by Gasteiger charge is -2.40. The molecule has 2 aromatic rings. The molecule has 0 radical (unpaired) electrons. The van der Waals surface area contributed by atoms with E-state index in [0.29, 0.717) is 23.8 Å². The second-order valence-corrected chi connectivity index (χ2v) is 7.01. The van der Waals surface area contributed by atoms with Crippen molar-refractivity contribution in [2.24, 2.45) is 0 Å². The molecule has 1 fully saturated rings. The van der Waals surface area contributed by atoms with Crippen LogP contribution < -0.4 is 14.2 Å². The summed E-state index contributed by atoms with van der Waals surface area (Å²) in [5.74, 6) is 1.63. The van der Waals surface area contributed by atoms with Gasteiger partial charge in [0.05, 0.1) is 27.4 Å². The quantitative estimate of drug-likeness (QED) is 0.702. The smallest absolute Gasteiger partial charge is 0.247 e. The molecule has 0 aromatic heterocycles. The highest BCUT2D eigenvalue weighted by molar-refractivity contribution is 5.92. The summed E-state index contributed by atoms with van der Waals surface area (Å²) in [4.78, 5) is 17.2. The van der Waals surface area contributed by atoms with Crippen LogP contribution in [0.2, 0.25) is 0 Å². The number of nitrogens with zero attached hydrogens (tertiary/aromatic N) is 2. The fourth-order valence-corrected chi connectivity index (χ4v) is 3.60. The zero-order valence-electron chi connectivity index (χ0n) is 17.4. The standard InChI is InChI=1S/C23H28N2O4/c1-24-12-13-25(19(16-24)18-8-6-5-7-9-18)22(26)11-10-17-14-20(27-2)23(29-4)21(15-17)28-3/h5-11,14-15,19H,12-13,16H2,1-4H3/b11-10-/t19-/m0/s1. The first kappa shape index (κ1) is 20.7. The van der Waals surface area contributed by atoms with E-state index in [1.54, 1.807) is 33.5 Å². The van der Waals surface area contributed by atoms with E-state index in [4.69, 9.17) is 14.2 Å². The molecule has 1 aliphatic rings. The Morgan fingerprint density at radius 2 is 1.66 bits per heavy atom. The molecule has 154 valence electrons. The summed E-state index contributed by atoms with van der Waals surface area (Å²) in [6.07, 6.45) is 3.40. The van der Waals surface area contributed by atoms with Gasteiger partial charge >= 0.3 is 0 Å². The molecule has 1 aliphatic heterocycles. The van der Waals surface area contributed by atoms with Gasteiger partial charge in [-0.2, -0.15) is 0 Å². The maximum Gasteiger partial charge on any atom is 0.247 e. The number of piperazine rings is 1. The number of methoxy groups -OCH3 is 3. The van der Waals surface area contributed by atoms with Crippen LogP contribution in [0.4, 0.5) is 0 Å². The fraction of sp³-hybridized carbons (Fsp3) is 0.348. The van der Waals surface area contributed by atoms with Crippen molar-refractivity contribution >= 4 is 12.0 Å². The largest absolute Gasteiger partial charge is 0.493 e. The number of amides is 1. The second-order valence-electron chi connectivity index (χ2n) is 7.01. The third-order valence-corrected chi connectivity index (χ3v) is 5.16. The minimum atomic E-state index is -0.0132. The molecule has 0 saturated carbocycles. The number of hydrogen-bond donors (Lipinski definition) is 0. The number of carbonyl (C=O) groups is 1. The molecule has 0 spiro atoms. The second kappa shape index (κ2) is 9.47. The Hall–Kier alpha value is -2.99. The van der Waals surface area contributed by atoms with Gasteiger partial charge in [0.25, 0.3) is 0 Å². The van der Waals surface area contributed by atoms with Gasteiger partial charge in [-0.15, -0.1) is 0 Å². The van der Waals surface area contributed by atoms with E-state index in [9.17, 15) is 4.79 Å². The van der Waals surface area contributed by atoms with Crippen LogP contribution >= 0.6 is 0 Å². The Kier molecular flexibility index (Phi) is 6.77. The molecule has 0 bridgehead atoms. The lowest BCUT2D eigenvalue weighted by molar-refractivity contribution is -0.130. The van der Waals surface area contributed by atoms with Gasteiger partial charge in [-0.3, -0.25) is 4.79 Å². The lowest BCUT2D eigenvalue weighted by atomic mass is 10.0. The molecule has 1 atom stereocenters. The van der Waals surface area contributed by atoms with Gasteiger partial charge in [0.1, 0.15) is 0 Å². The minimum Gasteiger partial charge on any atom is -0.493 e. The number of hydrogen-bond acceptors (Lipinski definition) is 5. The van der Waals surface area contributed by atoms with E-state index in [2.05, 4.69) is 24.1 Å². The van der Waals surface area contributed by atoms with Crippen molar-refractivity contribution in [1.29, 1.82) is 0 Å². The van der Waals surface area contributed by atoms with Gasteiger partial charge < -0.3 is 24.0 Å². The maximum atomic E-state index is 13.0. The van der Waals surface area contributed by atoms with Crippen molar-refractivity contribution in [1.82, 2.24) is 9.80 Å². The van der Waals surface area contributed by atoms with Crippen LogP contribution in [0.3, 0.4) is 0 Å². The maximum absolute atomic E-state index is 13.0. The molecule has 1 saturated heterocycles. The van der Waals surface area contributed by atoms with Crippen LogP contribution in [0.5, 0.6) is 17.2 Å². The van der Waals surface area contributed by atoms with Crippen LogP contribution in [0.25, 0.3) is 6.08 Å². The van der Waals surface area contributed by atoms with Crippen molar-refractivity contribution in [3.8, 4) is 17.2 Å². The predicted octanol–water partition coefficient (Wildman–Crippen LogP) is 3.24. The monoisotopic (exact) mass is 396 g/mol. The number of benzene rings is 2. The summed E-state index contributed by atoms with van der Waals surface area (Å²) < 4.78 is 16.1. The summed E-state index contributed by atoms with van der Waals surface area (Å²) in [6, 6.07) is 13.9. The molecule has 6 heteroatoms. The highest BCUT2D eigenvalue weighted by atomic mass is 16.5. The molecule has 0 aliphatic carbocycles. The summed E-state index contributed by atoms with van der Waals surface area (Å²) in [7, 11) is 6.80. The Balaban J connectivity index is 1.84. The van der Waals surface area contributed by atoms with E-state index in [-0.39, 0.29) is 11.9 Å².